The van der Waals surface area contributed by atoms with E-state index in [-0.39, 0.29) is 53.2 Å². The summed E-state index contributed by atoms with van der Waals surface area (Å²) in [7, 11) is 0. The first-order chi connectivity index (χ1) is 14.2. The van der Waals surface area contributed by atoms with Crippen LogP contribution in [0.25, 0.3) is 11.0 Å². The second kappa shape index (κ2) is 7.57. The predicted octanol–water partition coefficient (Wildman–Crippen LogP) is 3.26. The van der Waals surface area contributed by atoms with Crippen LogP contribution in [0, 0.1) is 5.82 Å². The van der Waals surface area contributed by atoms with Gasteiger partial charge in [-0.1, -0.05) is 5.16 Å². The van der Waals surface area contributed by atoms with E-state index in [1.165, 1.54) is 11.0 Å². The highest BCUT2D eigenvalue weighted by Gasteiger charge is 2.37. The van der Waals surface area contributed by atoms with Crippen molar-refractivity contribution in [2.45, 2.75) is 44.8 Å². The fourth-order valence-corrected chi connectivity index (χ4v) is 4.16. The number of nitrogens with zero attached hydrogens (tertiary/aromatic N) is 3. The van der Waals surface area contributed by atoms with Gasteiger partial charge in [-0.05, 0) is 19.9 Å². The molecule has 162 valence electrons. The number of piperidine rings is 1. The lowest BCUT2D eigenvalue weighted by Gasteiger charge is -2.37. The number of amides is 1. The van der Waals surface area contributed by atoms with Crippen molar-refractivity contribution < 1.29 is 32.0 Å². The molecule has 2 aromatic rings. The van der Waals surface area contributed by atoms with Crippen LogP contribution in [-0.2, 0) is 4.74 Å². The number of carbonyl (C=O) groups is 2. The molecule has 2 fully saturated rings. The minimum absolute atomic E-state index is 0.0510. The van der Waals surface area contributed by atoms with Crippen LogP contribution < -0.4 is 4.90 Å². The molecule has 1 amide bonds. The molecule has 10 heteroatoms. The molecule has 0 spiro atoms. The number of fused-ring (bicyclic) bond motifs is 1. The smallest absolute Gasteiger partial charge is 0.276 e. The quantitative estimate of drug-likeness (QED) is 0.703. The van der Waals surface area contributed by atoms with E-state index in [9.17, 15) is 18.4 Å². The van der Waals surface area contributed by atoms with Gasteiger partial charge in [0.05, 0.1) is 23.3 Å². The highest BCUT2D eigenvalue weighted by molar-refractivity contribution is 6.07. The first-order valence-electron chi connectivity index (χ1n) is 9.84. The molecule has 0 bridgehead atoms. The number of hydrogen-bond acceptors (Lipinski definition) is 6. The summed E-state index contributed by atoms with van der Waals surface area (Å²) < 4.78 is 52.9. The van der Waals surface area contributed by atoms with Gasteiger partial charge in [-0.2, -0.15) is 0 Å². The van der Waals surface area contributed by atoms with E-state index in [1.807, 2.05) is 13.8 Å². The molecular formula is C20H22F3N3O4. The summed E-state index contributed by atoms with van der Waals surface area (Å²) in [6.45, 7) is 4.21. The number of rotatable bonds is 3. The number of ether oxygens (including phenoxy) is 1. The Hall–Kier alpha value is -2.62. The van der Waals surface area contributed by atoms with Crippen LogP contribution in [0.3, 0.4) is 0 Å². The maximum absolute atomic E-state index is 15.4. The Bertz CT molecular complexity index is 973. The summed E-state index contributed by atoms with van der Waals surface area (Å²) in [6, 6.07) is 1.37. The van der Waals surface area contributed by atoms with Gasteiger partial charge in [0.25, 0.3) is 11.8 Å². The van der Waals surface area contributed by atoms with E-state index in [2.05, 4.69) is 5.16 Å². The molecule has 1 aromatic heterocycles. The van der Waals surface area contributed by atoms with E-state index in [0.717, 1.165) is 0 Å². The van der Waals surface area contributed by atoms with Crippen molar-refractivity contribution in [1.29, 1.82) is 0 Å². The van der Waals surface area contributed by atoms with Gasteiger partial charge in [0, 0.05) is 44.6 Å². The Balaban J connectivity index is 1.71. The van der Waals surface area contributed by atoms with Gasteiger partial charge >= 0.3 is 0 Å². The summed E-state index contributed by atoms with van der Waals surface area (Å²) in [5.41, 5.74) is -0.295. The third-order valence-electron chi connectivity index (χ3n) is 5.56. The molecule has 2 aliphatic heterocycles. The van der Waals surface area contributed by atoms with Crippen LogP contribution in [0.1, 0.15) is 47.5 Å². The van der Waals surface area contributed by atoms with Crippen molar-refractivity contribution in [3.63, 3.8) is 0 Å². The van der Waals surface area contributed by atoms with E-state index in [4.69, 9.17) is 9.26 Å². The van der Waals surface area contributed by atoms with E-state index in [1.54, 1.807) is 4.90 Å². The van der Waals surface area contributed by atoms with Crippen LogP contribution in [0.5, 0.6) is 0 Å². The topological polar surface area (TPSA) is 75.9 Å². The largest absolute Gasteiger partial charge is 0.372 e. The molecule has 30 heavy (non-hydrogen) atoms. The standard InChI is InChI=1S/C20H22F3N3O4/c1-11-8-26(9-12(2)29-11)17-13(10-27)7-14-16(24-30-18(14)15(17)21)19(28)25-5-3-20(22,23)4-6-25/h7,10-12H,3-6,8-9H2,1-2H3. The number of hydrogen-bond donors (Lipinski definition) is 0. The van der Waals surface area contributed by atoms with Crippen LogP contribution >= 0.6 is 0 Å². The Morgan fingerprint density at radius 3 is 2.47 bits per heavy atom. The van der Waals surface area contributed by atoms with E-state index < -0.39 is 30.5 Å². The minimum Gasteiger partial charge on any atom is -0.372 e. The summed E-state index contributed by atoms with van der Waals surface area (Å²) in [6.07, 6.45) is -0.689. The third-order valence-corrected chi connectivity index (χ3v) is 5.56. The molecule has 2 atom stereocenters. The van der Waals surface area contributed by atoms with Crippen LogP contribution in [0.2, 0.25) is 0 Å². The lowest BCUT2D eigenvalue weighted by molar-refractivity contribution is -0.0495. The number of morpholine rings is 1. The number of carbonyl (C=O) groups excluding carboxylic acids is 2. The highest BCUT2D eigenvalue weighted by atomic mass is 19.3. The Morgan fingerprint density at radius 2 is 1.87 bits per heavy atom. The highest BCUT2D eigenvalue weighted by Crippen LogP contribution is 2.35. The molecule has 2 saturated heterocycles. The maximum Gasteiger partial charge on any atom is 0.276 e. The lowest BCUT2D eigenvalue weighted by Crippen LogP contribution is -2.46. The average Bonchev–Trinajstić information content (AvgIpc) is 3.10. The van der Waals surface area contributed by atoms with Gasteiger partial charge < -0.3 is 19.1 Å². The molecule has 1 aromatic carbocycles. The maximum atomic E-state index is 15.4. The van der Waals surface area contributed by atoms with Crippen LogP contribution in [0.15, 0.2) is 10.6 Å². The summed E-state index contributed by atoms with van der Waals surface area (Å²) in [5, 5.41) is 3.76. The number of aldehydes is 1. The normalized spacial score (nSPS) is 24.3. The zero-order valence-corrected chi connectivity index (χ0v) is 16.7. The zero-order valence-electron chi connectivity index (χ0n) is 16.7. The number of alkyl halides is 2. The molecule has 2 unspecified atom stereocenters. The van der Waals surface area contributed by atoms with Gasteiger partial charge in [0.15, 0.2) is 17.8 Å². The SMILES string of the molecule is CC1CN(c2c(C=O)cc3c(C(=O)N4CCC(F)(F)CC4)noc3c2F)CC(C)O1. The number of anilines is 1. The van der Waals surface area contributed by atoms with Gasteiger partial charge in [-0.15, -0.1) is 0 Å². The molecule has 3 heterocycles. The monoisotopic (exact) mass is 425 g/mol. The summed E-state index contributed by atoms with van der Waals surface area (Å²) >= 11 is 0. The second-order valence-electron chi connectivity index (χ2n) is 7.96. The fourth-order valence-electron chi connectivity index (χ4n) is 4.16. The van der Waals surface area contributed by atoms with Crippen LogP contribution in [-0.4, -0.2) is 66.6 Å². The number of likely N-dealkylation sites (tertiary alicyclic amines) is 1. The molecule has 0 radical (unpaired) electrons. The van der Waals surface area contributed by atoms with Crippen LogP contribution in [0.4, 0.5) is 18.9 Å². The van der Waals surface area contributed by atoms with E-state index >= 15 is 4.39 Å². The second-order valence-corrected chi connectivity index (χ2v) is 7.96. The molecule has 2 aliphatic rings. The zero-order chi connectivity index (χ0) is 21.6. The van der Waals surface area contributed by atoms with Gasteiger partial charge in [0.1, 0.15) is 0 Å². The van der Waals surface area contributed by atoms with Crippen molar-refractivity contribution in [3.8, 4) is 0 Å². The van der Waals surface area contributed by atoms with Crippen molar-refractivity contribution in [3.05, 3.63) is 23.1 Å². The molecule has 0 N–H and O–H groups in total. The molecular weight excluding hydrogens is 403 g/mol. The molecule has 0 aliphatic carbocycles. The molecule has 0 saturated carbocycles. The van der Waals surface area contributed by atoms with Crippen molar-refractivity contribution in [2.75, 3.05) is 31.1 Å². The first kappa shape index (κ1) is 20.6. The number of benzene rings is 1. The average molecular weight is 425 g/mol. The van der Waals surface area contributed by atoms with Gasteiger partial charge in [-0.3, -0.25) is 9.59 Å². The summed E-state index contributed by atoms with van der Waals surface area (Å²) in [4.78, 5) is 27.5. The Morgan fingerprint density at radius 1 is 1.23 bits per heavy atom. The fraction of sp³-hybridized carbons (Fsp3) is 0.550. The third kappa shape index (κ3) is 3.64. The van der Waals surface area contributed by atoms with E-state index in [0.29, 0.717) is 19.4 Å². The molecule has 4 rings (SSSR count). The Labute approximate surface area is 170 Å². The first-order valence-corrected chi connectivity index (χ1v) is 9.84. The molecule has 7 nitrogen and oxygen atoms in total. The predicted molar refractivity (Wildman–Crippen MR) is 102 cm³/mol. The lowest BCUT2D eigenvalue weighted by atomic mass is 10.0. The van der Waals surface area contributed by atoms with Gasteiger partial charge in [0.2, 0.25) is 5.58 Å². The minimum atomic E-state index is -2.80. The number of aromatic nitrogens is 1. The van der Waals surface area contributed by atoms with Gasteiger partial charge in [-0.25, -0.2) is 13.2 Å². The number of halogens is 3. The van der Waals surface area contributed by atoms with Crippen molar-refractivity contribution >= 4 is 28.8 Å². The Kier molecular flexibility index (Phi) is 5.21. The van der Waals surface area contributed by atoms with Crippen molar-refractivity contribution in [1.82, 2.24) is 10.1 Å². The summed E-state index contributed by atoms with van der Waals surface area (Å²) in [5.74, 6) is -4.21. The van der Waals surface area contributed by atoms with Crippen molar-refractivity contribution in [2.24, 2.45) is 0 Å².